The molecule has 3 aromatic rings. The van der Waals surface area contributed by atoms with Crippen LogP contribution in [0.3, 0.4) is 0 Å². The fraction of sp³-hybridized carbons (Fsp3) is 0. The number of thiazole rings is 1. The number of nitrogen functional groups attached to an aromatic ring is 1. The van der Waals surface area contributed by atoms with Gasteiger partial charge in [-0.3, -0.25) is 0 Å². The highest BCUT2D eigenvalue weighted by molar-refractivity contribution is 7.21. The van der Waals surface area contributed by atoms with E-state index in [1.54, 1.807) is 12.1 Å². The van der Waals surface area contributed by atoms with Crippen molar-refractivity contribution in [1.82, 2.24) is 4.98 Å². The summed E-state index contributed by atoms with van der Waals surface area (Å²) in [6.07, 6.45) is 0. The second kappa shape index (κ2) is 3.82. The van der Waals surface area contributed by atoms with Gasteiger partial charge in [0.25, 0.3) is 0 Å². The molecule has 17 heavy (non-hydrogen) atoms. The lowest BCUT2D eigenvalue weighted by atomic mass is 10.2. The molecular formula is C13H9FN2S. The summed E-state index contributed by atoms with van der Waals surface area (Å²) < 4.78 is 14.8. The van der Waals surface area contributed by atoms with Gasteiger partial charge in [0.2, 0.25) is 0 Å². The van der Waals surface area contributed by atoms with Crippen molar-refractivity contribution in [2.75, 3.05) is 5.73 Å². The van der Waals surface area contributed by atoms with Gasteiger partial charge >= 0.3 is 0 Å². The van der Waals surface area contributed by atoms with Gasteiger partial charge in [0.05, 0.1) is 15.8 Å². The zero-order valence-corrected chi connectivity index (χ0v) is 9.67. The summed E-state index contributed by atoms with van der Waals surface area (Å²) in [6, 6.07) is 12.4. The summed E-state index contributed by atoms with van der Waals surface area (Å²) in [5.41, 5.74) is 7.49. The van der Waals surface area contributed by atoms with Crippen LogP contribution in [0.5, 0.6) is 0 Å². The number of aromatic nitrogens is 1. The maximum absolute atomic E-state index is 13.8. The first-order valence-corrected chi connectivity index (χ1v) is 5.97. The minimum atomic E-state index is -0.330. The third-order valence-electron chi connectivity index (χ3n) is 2.55. The summed E-state index contributed by atoms with van der Waals surface area (Å²) in [4.78, 5) is 4.40. The zero-order valence-electron chi connectivity index (χ0n) is 8.85. The van der Waals surface area contributed by atoms with Crippen molar-refractivity contribution in [2.24, 2.45) is 0 Å². The molecule has 0 unspecified atom stereocenters. The first-order valence-electron chi connectivity index (χ1n) is 5.15. The number of hydrogen-bond donors (Lipinski definition) is 1. The molecule has 1 aromatic heterocycles. The third kappa shape index (κ3) is 1.66. The molecule has 0 spiro atoms. The number of nitrogens with zero attached hydrogens (tertiary/aromatic N) is 1. The Kier molecular flexibility index (Phi) is 2.30. The Hall–Kier alpha value is -1.94. The highest BCUT2D eigenvalue weighted by atomic mass is 32.1. The molecule has 0 aliphatic carbocycles. The highest BCUT2D eigenvalue weighted by Crippen LogP contribution is 2.34. The van der Waals surface area contributed by atoms with Crippen LogP contribution in [-0.4, -0.2) is 4.98 Å². The molecule has 4 heteroatoms. The van der Waals surface area contributed by atoms with E-state index in [4.69, 9.17) is 5.73 Å². The van der Waals surface area contributed by atoms with Gasteiger partial charge in [0.15, 0.2) is 0 Å². The summed E-state index contributed by atoms with van der Waals surface area (Å²) >= 11 is 1.45. The SMILES string of the molecule is Nc1cccc(F)c1-c1nc2ccccc2s1. The zero-order chi connectivity index (χ0) is 11.8. The molecule has 0 radical (unpaired) electrons. The Morgan fingerprint density at radius 1 is 1.06 bits per heavy atom. The molecule has 0 aliphatic heterocycles. The van der Waals surface area contributed by atoms with Crippen LogP contribution in [0, 0.1) is 5.82 Å². The average Bonchev–Trinajstić information content (AvgIpc) is 2.71. The number of nitrogens with two attached hydrogens (primary N) is 1. The maximum Gasteiger partial charge on any atom is 0.135 e. The lowest BCUT2D eigenvalue weighted by molar-refractivity contribution is 0.632. The van der Waals surface area contributed by atoms with E-state index < -0.39 is 0 Å². The Bertz CT molecular complexity index is 637. The highest BCUT2D eigenvalue weighted by Gasteiger charge is 2.13. The molecule has 1 heterocycles. The van der Waals surface area contributed by atoms with Gasteiger partial charge in [-0.05, 0) is 24.3 Å². The first-order chi connectivity index (χ1) is 8.25. The smallest absolute Gasteiger partial charge is 0.135 e. The predicted molar refractivity (Wildman–Crippen MR) is 69.4 cm³/mol. The largest absolute Gasteiger partial charge is 0.398 e. The van der Waals surface area contributed by atoms with Gasteiger partial charge in [-0.2, -0.15) is 0 Å². The third-order valence-corrected chi connectivity index (χ3v) is 3.61. The van der Waals surface area contributed by atoms with Gasteiger partial charge in [0, 0.05) is 5.69 Å². The van der Waals surface area contributed by atoms with Gasteiger partial charge in [0.1, 0.15) is 10.8 Å². The number of anilines is 1. The van der Waals surface area contributed by atoms with Crippen molar-refractivity contribution in [1.29, 1.82) is 0 Å². The van der Waals surface area contributed by atoms with Gasteiger partial charge in [-0.25, -0.2) is 9.37 Å². The molecule has 0 bridgehead atoms. The van der Waals surface area contributed by atoms with Crippen molar-refractivity contribution in [3.05, 3.63) is 48.3 Å². The fourth-order valence-electron chi connectivity index (χ4n) is 1.75. The Morgan fingerprint density at radius 3 is 2.65 bits per heavy atom. The van der Waals surface area contributed by atoms with Crippen LogP contribution in [0.25, 0.3) is 20.8 Å². The standard InChI is InChI=1S/C13H9FN2S/c14-8-4-3-5-9(15)12(8)13-16-10-6-1-2-7-11(10)17-13/h1-7H,15H2. The van der Waals surface area contributed by atoms with Crippen LogP contribution in [0.1, 0.15) is 0 Å². The van der Waals surface area contributed by atoms with E-state index >= 15 is 0 Å². The number of halogens is 1. The molecule has 0 saturated heterocycles. The van der Waals surface area contributed by atoms with Crippen molar-refractivity contribution < 1.29 is 4.39 Å². The number of benzene rings is 2. The fourth-order valence-corrected chi connectivity index (χ4v) is 2.78. The van der Waals surface area contributed by atoms with Crippen LogP contribution < -0.4 is 5.73 Å². The lowest BCUT2D eigenvalue weighted by Gasteiger charge is -2.02. The number of fused-ring (bicyclic) bond motifs is 1. The Balaban J connectivity index is 2.27. The summed E-state index contributed by atoms with van der Waals surface area (Å²) in [7, 11) is 0. The minimum absolute atomic E-state index is 0.330. The Morgan fingerprint density at radius 2 is 1.88 bits per heavy atom. The summed E-state index contributed by atoms with van der Waals surface area (Å²) in [5.74, 6) is -0.330. The van der Waals surface area contributed by atoms with Gasteiger partial charge in [-0.1, -0.05) is 18.2 Å². The van der Waals surface area contributed by atoms with E-state index in [0.29, 0.717) is 16.3 Å². The molecule has 84 valence electrons. The molecule has 2 aromatic carbocycles. The minimum Gasteiger partial charge on any atom is -0.398 e. The number of para-hydroxylation sites is 1. The topological polar surface area (TPSA) is 38.9 Å². The molecule has 2 nitrogen and oxygen atoms in total. The van der Waals surface area contributed by atoms with Crippen LogP contribution in [0.15, 0.2) is 42.5 Å². The number of rotatable bonds is 1. The van der Waals surface area contributed by atoms with E-state index in [2.05, 4.69) is 4.98 Å². The number of hydrogen-bond acceptors (Lipinski definition) is 3. The van der Waals surface area contributed by atoms with E-state index in [1.807, 2.05) is 24.3 Å². The predicted octanol–water partition coefficient (Wildman–Crippen LogP) is 3.68. The van der Waals surface area contributed by atoms with Crippen molar-refractivity contribution >= 4 is 27.2 Å². The monoisotopic (exact) mass is 244 g/mol. The van der Waals surface area contributed by atoms with Crippen molar-refractivity contribution in [3.63, 3.8) is 0 Å². The average molecular weight is 244 g/mol. The van der Waals surface area contributed by atoms with Gasteiger partial charge < -0.3 is 5.73 Å². The molecule has 3 rings (SSSR count). The van der Waals surface area contributed by atoms with Crippen molar-refractivity contribution in [2.45, 2.75) is 0 Å². The second-order valence-electron chi connectivity index (χ2n) is 3.69. The molecular weight excluding hydrogens is 235 g/mol. The first kappa shape index (κ1) is 10.2. The molecule has 0 amide bonds. The normalized spacial score (nSPS) is 10.9. The van der Waals surface area contributed by atoms with Crippen LogP contribution in [0.4, 0.5) is 10.1 Å². The Labute approximate surface area is 102 Å². The maximum atomic E-state index is 13.8. The molecule has 0 aliphatic rings. The van der Waals surface area contributed by atoms with Crippen molar-refractivity contribution in [3.8, 4) is 10.6 Å². The molecule has 0 saturated carbocycles. The van der Waals surface area contributed by atoms with E-state index in [0.717, 1.165) is 10.2 Å². The second-order valence-corrected chi connectivity index (χ2v) is 4.72. The van der Waals surface area contributed by atoms with E-state index in [1.165, 1.54) is 17.4 Å². The summed E-state index contributed by atoms with van der Waals surface area (Å²) in [6.45, 7) is 0. The van der Waals surface area contributed by atoms with Gasteiger partial charge in [-0.15, -0.1) is 11.3 Å². The van der Waals surface area contributed by atoms with E-state index in [9.17, 15) is 4.39 Å². The lowest BCUT2D eigenvalue weighted by Crippen LogP contribution is -1.92. The van der Waals surface area contributed by atoms with E-state index in [-0.39, 0.29) is 5.82 Å². The van der Waals surface area contributed by atoms with Crippen LogP contribution >= 0.6 is 11.3 Å². The molecule has 0 atom stereocenters. The summed E-state index contributed by atoms with van der Waals surface area (Å²) in [5, 5.41) is 0.627. The quantitative estimate of drug-likeness (QED) is 0.663. The van der Waals surface area contributed by atoms with Crippen LogP contribution in [0.2, 0.25) is 0 Å². The molecule has 0 fully saturated rings. The molecule has 2 N–H and O–H groups in total. The van der Waals surface area contributed by atoms with Crippen LogP contribution in [-0.2, 0) is 0 Å².